The summed E-state index contributed by atoms with van der Waals surface area (Å²) in [5.74, 6) is 0.840. The molecule has 0 unspecified atom stereocenters. The summed E-state index contributed by atoms with van der Waals surface area (Å²) in [5, 5.41) is 12.1. The van der Waals surface area contributed by atoms with Gasteiger partial charge >= 0.3 is 0 Å². The topological polar surface area (TPSA) is 35.8 Å². The molecule has 0 aliphatic heterocycles. The maximum absolute atomic E-state index is 8.73. The quantitative estimate of drug-likeness (QED) is 0.907. The third-order valence-electron chi connectivity index (χ3n) is 2.90. The third-order valence-corrected chi connectivity index (χ3v) is 3.56. The molecule has 0 heterocycles. The molecule has 2 rings (SSSR count). The first-order valence-corrected chi connectivity index (χ1v) is 6.02. The molecule has 1 saturated carbocycles. The molecule has 1 aliphatic carbocycles. The molecule has 3 heteroatoms. The van der Waals surface area contributed by atoms with Gasteiger partial charge in [-0.3, -0.25) is 0 Å². The van der Waals surface area contributed by atoms with Crippen LogP contribution in [0.1, 0.15) is 24.8 Å². The van der Waals surface area contributed by atoms with Crippen LogP contribution in [-0.4, -0.2) is 6.54 Å². The second kappa shape index (κ2) is 4.67. The van der Waals surface area contributed by atoms with E-state index >= 15 is 0 Å². The van der Waals surface area contributed by atoms with E-state index in [1.165, 1.54) is 19.3 Å². The molecule has 0 saturated heterocycles. The highest BCUT2D eigenvalue weighted by atomic mass is 79.9. The zero-order valence-corrected chi connectivity index (χ0v) is 10.0. The first kappa shape index (κ1) is 10.5. The Morgan fingerprint density at radius 2 is 2.27 bits per heavy atom. The number of anilines is 1. The second-order valence-electron chi connectivity index (χ2n) is 3.98. The van der Waals surface area contributed by atoms with Gasteiger partial charge in [0.1, 0.15) is 0 Å². The molecular weight excluding hydrogens is 252 g/mol. The van der Waals surface area contributed by atoms with Gasteiger partial charge in [-0.05, 0) is 52.9 Å². The molecular formula is C12H13BrN2. The fourth-order valence-corrected chi connectivity index (χ4v) is 2.20. The zero-order valence-electron chi connectivity index (χ0n) is 8.46. The Morgan fingerprint density at radius 3 is 2.80 bits per heavy atom. The van der Waals surface area contributed by atoms with E-state index in [9.17, 15) is 0 Å². The van der Waals surface area contributed by atoms with Gasteiger partial charge in [0.15, 0.2) is 0 Å². The van der Waals surface area contributed by atoms with E-state index in [2.05, 4.69) is 27.3 Å². The van der Waals surface area contributed by atoms with Crippen LogP contribution in [0.2, 0.25) is 0 Å². The van der Waals surface area contributed by atoms with Crippen LogP contribution in [0.3, 0.4) is 0 Å². The van der Waals surface area contributed by atoms with Gasteiger partial charge in [-0.25, -0.2) is 0 Å². The Bertz CT molecular complexity index is 391. The number of nitrogens with one attached hydrogen (secondary N) is 1. The van der Waals surface area contributed by atoms with E-state index in [1.54, 1.807) is 0 Å². The Morgan fingerprint density at radius 1 is 1.47 bits per heavy atom. The van der Waals surface area contributed by atoms with E-state index in [0.29, 0.717) is 5.56 Å². The van der Waals surface area contributed by atoms with Gasteiger partial charge in [-0.15, -0.1) is 0 Å². The highest BCUT2D eigenvalue weighted by molar-refractivity contribution is 9.10. The summed E-state index contributed by atoms with van der Waals surface area (Å²) in [6, 6.07) is 7.78. The lowest BCUT2D eigenvalue weighted by Gasteiger charge is -2.26. The number of nitriles is 1. The summed E-state index contributed by atoms with van der Waals surface area (Å²) in [6.45, 7) is 1.05. The molecule has 0 atom stereocenters. The van der Waals surface area contributed by atoms with Crippen molar-refractivity contribution in [1.82, 2.24) is 0 Å². The number of halogens is 1. The molecule has 15 heavy (non-hydrogen) atoms. The zero-order chi connectivity index (χ0) is 10.7. The van der Waals surface area contributed by atoms with Crippen LogP contribution in [0.4, 0.5) is 5.69 Å². The number of rotatable bonds is 3. The normalized spacial score (nSPS) is 15.5. The number of benzene rings is 1. The largest absolute Gasteiger partial charge is 0.384 e. The van der Waals surface area contributed by atoms with Crippen molar-refractivity contribution >= 4 is 21.6 Å². The first-order valence-electron chi connectivity index (χ1n) is 5.23. The van der Waals surface area contributed by atoms with Crippen LogP contribution in [0.15, 0.2) is 22.7 Å². The van der Waals surface area contributed by atoms with E-state index < -0.39 is 0 Å². The molecule has 1 aromatic carbocycles. The van der Waals surface area contributed by atoms with Gasteiger partial charge in [0.25, 0.3) is 0 Å². The van der Waals surface area contributed by atoms with Crippen molar-refractivity contribution in [1.29, 1.82) is 5.26 Å². The molecule has 0 amide bonds. The van der Waals surface area contributed by atoms with Crippen LogP contribution < -0.4 is 5.32 Å². The summed E-state index contributed by atoms with van der Waals surface area (Å²) in [7, 11) is 0. The number of hydrogen-bond acceptors (Lipinski definition) is 2. The minimum atomic E-state index is 0.691. The third kappa shape index (κ3) is 2.51. The lowest BCUT2D eigenvalue weighted by Crippen LogP contribution is -2.20. The summed E-state index contributed by atoms with van der Waals surface area (Å²) < 4.78 is 0.973. The van der Waals surface area contributed by atoms with Crippen molar-refractivity contribution in [3.05, 3.63) is 28.2 Å². The van der Waals surface area contributed by atoms with Gasteiger partial charge in [0.2, 0.25) is 0 Å². The summed E-state index contributed by atoms with van der Waals surface area (Å²) in [4.78, 5) is 0. The molecule has 1 aromatic rings. The highest BCUT2D eigenvalue weighted by Crippen LogP contribution is 2.28. The van der Waals surface area contributed by atoms with Crippen LogP contribution in [0.25, 0.3) is 0 Å². The van der Waals surface area contributed by atoms with E-state index in [0.717, 1.165) is 22.6 Å². The van der Waals surface area contributed by atoms with E-state index in [4.69, 9.17) is 5.26 Å². The fourth-order valence-electron chi connectivity index (χ4n) is 1.68. The summed E-state index contributed by atoms with van der Waals surface area (Å²) in [6.07, 6.45) is 4.07. The van der Waals surface area contributed by atoms with E-state index in [-0.39, 0.29) is 0 Å². The van der Waals surface area contributed by atoms with Crippen molar-refractivity contribution in [3.63, 3.8) is 0 Å². The number of hydrogen-bond donors (Lipinski definition) is 1. The average molecular weight is 265 g/mol. The van der Waals surface area contributed by atoms with Gasteiger partial charge < -0.3 is 5.32 Å². The predicted octanol–water partition coefficient (Wildman–Crippen LogP) is 3.53. The molecule has 1 aliphatic rings. The predicted molar refractivity (Wildman–Crippen MR) is 64.7 cm³/mol. The number of nitrogens with zero attached hydrogens (tertiary/aromatic N) is 1. The molecule has 1 fully saturated rings. The Balaban J connectivity index is 1.98. The SMILES string of the molecule is N#Cc1ccc(NCC2CCC2)c(Br)c1. The maximum Gasteiger partial charge on any atom is 0.0992 e. The fraction of sp³-hybridized carbons (Fsp3) is 0.417. The van der Waals surface area contributed by atoms with Crippen LogP contribution >= 0.6 is 15.9 Å². The molecule has 0 spiro atoms. The smallest absolute Gasteiger partial charge is 0.0992 e. The van der Waals surface area contributed by atoms with Gasteiger partial charge in [0.05, 0.1) is 11.6 Å². The molecule has 0 radical (unpaired) electrons. The lowest BCUT2D eigenvalue weighted by atomic mass is 9.85. The lowest BCUT2D eigenvalue weighted by molar-refractivity contribution is 0.333. The molecule has 2 nitrogen and oxygen atoms in total. The van der Waals surface area contributed by atoms with Crippen LogP contribution in [0.5, 0.6) is 0 Å². The minimum absolute atomic E-state index is 0.691. The van der Waals surface area contributed by atoms with Crippen molar-refractivity contribution < 1.29 is 0 Å². The van der Waals surface area contributed by atoms with Crippen molar-refractivity contribution in [2.24, 2.45) is 5.92 Å². The van der Waals surface area contributed by atoms with Crippen LogP contribution in [-0.2, 0) is 0 Å². The van der Waals surface area contributed by atoms with Crippen LogP contribution in [0, 0.1) is 17.2 Å². The average Bonchev–Trinajstić information content (AvgIpc) is 2.18. The van der Waals surface area contributed by atoms with E-state index in [1.807, 2.05) is 18.2 Å². The monoisotopic (exact) mass is 264 g/mol. The molecule has 0 aromatic heterocycles. The molecule has 1 N–H and O–H groups in total. The van der Waals surface area contributed by atoms with Crippen molar-refractivity contribution in [3.8, 4) is 6.07 Å². The molecule has 0 bridgehead atoms. The Hall–Kier alpha value is -1.01. The summed E-state index contributed by atoms with van der Waals surface area (Å²) in [5.41, 5.74) is 1.77. The van der Waals surface area contributed by atoms with Gasteiger partial charge in [-0.1, -0.05) is 6.42 Å². The van der Waals surface area contributed by atoms with Gasteiger partial charge in [-0.2, -0.15) is 5.26 Å². The Kier molecular flexibility index (Phi) is 3.27. The van der Waals surface area contributed by atoms with Crippen molar-refractivity contribution in [2.75, 3.05) is 11.9 Å². The highest BCUT2D eigenvalue weighted by Gasteiger charge is 2.16. The summed E-state index contributed by atoms with van der Waals surface area (Å²) >= 11 is 3.46. The van der Waals surface area contributed by atoms with Crippen molar-refractivity contribution in [2.45, 2.75) is 19.3 Å². The molecule has 78 valence electrons. The minimum Gasteiger partial charge on any atom is -0.384 e. The maximum atomic E-state index is 8.73. The van der Waals surface area contributed by atoms with Gasteiger partial charge in [0, 0.05) is 16.7 Å². The first-order chi connectivity index (χ1) is 7.29. The second-order valence-corrected chi connectivity index (χ2v) is 4.84. The standard InChI is InChI=1S/C12H13BrN2/c13-11-6-10(7-14)4-5-12(11)15-8-9-2-1-3-9/h4-6,9,15H,1-3,8H2. The Labute approximate surface area is 98.4 Å².